The second-order valence-corrected chi connectivity index (χ2v) is 7.23. The predicted octanol–water partition coefficient (Wildman–Crippen LogP) is 4.22. The zero-order chi connectivity index (χ0) is 19.2. The summed E-state index contributed by atoms with van der Waals surface area (Å²) in [6.45, 7) is 3.81. The summed E-state index contributed by atoms with van der Waals surface area (Å²) in [5.41, 5.74) is 0.699. The fourth-order valence-electron chi connectivity index (χ4n) is 2.94. The maximum absolute atomic E-state index is 12.3. The number of para-hydroxylation sites is 1. The van der Waals surface area contributed by atoms with Crippen LogP contribution in [0.5, 0.6) is 11.5 Å². The molecule has 1 atom stereocenters. The predicted molar refractivity (Wildman–Crippen MR) is 108 cm³/mol. The standard InChI is InChI=1S/C21H25ClN2O3/c1-15(26-20-6-4-3-5-19(20)22)21(25)23-16-7-9-17(10-8-16)27-18-11-13-24(2)14-12-18/h3-10,15,18H,11-14H2,1-2H3,(H,23,25). The van der Waals surface area contributed by atoms with Crippen molar-refractivity contribution in [1.29, 1.82) is 0 Å². The molecule has 0 aromatic heterocycles. The first kappa shape index (κ1) is 19.5. The molecule has 27 heavy (non-hydrogen) atoms. The summed E-state index contributed by atoms with van der Waals surface area (Å²) < 4.78 is 11.7. The number of rotatable bonds is 6. The topological polar surface area (TPSA) is 50.8 Å². The summed E-state index contributed by atoms with van der Waals surface area (Å²) in [7, 11) is 2.13. The molecular formula is C21H25ClN2O3. The van der Waals surface area contributed by atoms with Crippen molar-refractivity contribution in [1.82, 2.24) is 4.90 Å². The van der Waals surface area contributed by atoms with E-state index in [4.69, 9.17) is 21.1 Å². The Kier molecular flexibility index (Phi) is 6.58. The van der Waals surface area contributed by atoms with Crippen molar-refractivity contribution in [3.8, 4) is 11.5 Å². The van der Waals surface area contributed by atoms with Gasteiger partial charge in [0.05, 0.1) is 5.02 Å². The van der Waals surface area contributed by atoms with E-state index in [9.17, 15) is 4.79 Å². The molecule has 1 aliphatic rings. The number of halogens is 1. The Labute approximate surface area is 165 Å². The quantitative estimate of drug-likeness (QED) is 0.805. The van der Waals surface area contributed by atoms with Crippen molar-refractivity contribution in [2.45, 2.75) is 32.0 Å². The summed E-state index contributed by atoms with van der Waals surface area (Å²) in [6, 6.07) is 14.5. The monoisotopic (exact) mass is 388 g/mol. The van der Waals surface area contributed by atoms with E-state index >= 15 is 0 Å². The highest BCUT2D eigenvalue weighted by molar-refractivity contribution is 6.32. The number of carbonyl (C=O) groups excluding carboxylic acids is 1. The van der Waals surface area contributed by atoms with E-state index in [0.717, 1.165) is 31.7 Å². The highest BCUT2D eigenvalue weighted by Gasteiger charge is 2.19. The van der Waals surface area contributed by atoms with E-state index in [2.05, 4.69) is 17.3 Å². The molecule has 1 heterocycles. The molecule has 0 spiro atoms. The van der Waals surface area contributed by atoms with Gasteiger partial charge in [-0.25, -0.2) is 0 Å². The Morgan fingerprint density at radius 2 is 1.81 bits per heavy atom. The van der Waals surface area contributed by atoms with Crippen molar-refractivity contribution >= 4 is 23.2 Å². The van der Waals surface area contributed by atoms with Crippen LogP contribution in [0.1, 0.15) is 19.8 Å². The first-order chi connectivity index (χ1) is 13.0. The van der Waals surface area contributed by atoms with Crippen LogP contribution in [-0.2, 0) is 4.79 Å². The van der Waals surface area contributed by atoms with E-state index in [0.29, 0.717) is 16.5 Å². The number of amides is 1. The fraction of sp³-hybridized carbons (Fsp3) is 0.381. The van der Waals surface area contributed by atoms with Crippen LogP contribution in [-0.4, -0.2) is 43.2 Å². The Hall–Kier alpha value is -2.24. The molecule has 1 unspecified atom stereocenters. The summed E-state index contributed by atoms with van der Waals surface area (Å²) in [5, 5.41) is 3.33. The lowest BCUT2D eigenvalue weighted by molar-refractivity contribution is -0.122. The minimum Gasteiger partial charge on any atom is -0.490 e. The number of nitrogens with one attached hydrogen (secondary N) is 1. The second kappa shape index (κ2) is 9.11. The summed E-state index contributed by atoms with van der Waals surface area (Å²) in [6.07, 6.45) is 1.66. The Morgan fingerprint density at radius 1 is 1.15 bits per heavy atom. The number of benzene rings is 2. The van der Waals surface area contributed by atoms with E-state index in [1.807, 2.05) is 36.4 Å². The van der Waals surface area contributed by atoms with Crippen LogP contribution in [0.2, 0.25) is 5.02 Å². The van der Waals surface area contributed by atoms with Gasteiger partial charge in [0.1, 0.15) is 17.6 Å². The molecule has 144 valence electrons. The molecule has 1 amide bonds. The van der Waals surface area contributed by atoms with Crippen molar-refractivity contribution in [3.63, 3.8) is 0 Å². The number of piperidine rings is 1. The van der Waals surface area contributed by atoms with Crippen LogP contribution in [0.25, 0.3) is 0 Å². The first-order valence-corrected chi connectivity index (χ1v) is 9.56. The van der Waals surface area contributed by atoms with Gasteiger partial charge in [-0.1, -0.05) is 23.7 Å². The van der Waals surface area contributed by atoms with Gasteiger partial charge in [-0.15, -0.1) is 0 Å². The number of nitrogens with zero attached hydrogens (tertiary/aromatic N) is 1. The Bertz CT molecular complexity index is 758. The highest BCUT2D eigenvalue weighted by atomic mass is 35.5. The minimum absolute atomic E-state index is 0.237. The molecular weight excluding hydrogens is 364 g/mol. The number of carbonyl (C=O) groups is 1. The van der Waals surface area contributed by atoms with Crippen LogP contribution in [0.4, 0.5) is 5.69 Å². The lowest BCUT2D eigenvalue weighted by Gasteiger charge is -2.29. The second-order valence-electron chi connectivity index (χ2n) is 6.82. The highest BCUT2D eigenvalue weighted by Crippen LogP contribution is 2.25. The molecule has 0 saturated carbocycles. The van der Waals surface area contributed by atoms with Gasteiger partial charge in [0.2, 0.25) is 0 Å². The number of likely N-dealkylation sites (tertiary alicyclic amines) is 1. The van der Waals surface area contributed by atoms with E-state index in [1.165, 1.54) is 0 Å². The minimum atomic E-state index is -0.667. The summed E-state index contributed by atoms with van der Waals surface area (Å²) >= 11 is 6.07. The molecule has 2 aromatic carbocycles. The average Bonchev–Trinajstić information content (AvgIpc) is 2.67. The van der Waals surface area contributed by atoms with Gasteiger partial charge in [0, 0.05) is 18.8 Å². The lowest BCUT2D eigenvalue weighted by Crippen LogP contribution is -2.35. The summed E-state index contributed by atoms with van der Waals surface area (Å²) in [5.74, 6) is 1.07. The van der Waals surface area contributed by atoms with Crippen LogP contribution in [0.15, 0.2) is 48.5 Å². The zero-order valence-corrected chi connectivity index (χ0v) is 16.4. The molecule has 0 bridgehead atoms. The van der Waals surface area contributed by atoms with E-state index in [1.54, 1.807) is 19.1 Å². The first-order valence-electron chi connectivity index (χ1n) is 9.18. The van der Waals surface area contributed by atoms with Crippen LogP contribution in [0.3, 0.4) is 0 Å². The molecule has 1 saturated heterocycles. The van der Waals surface area contributed by atoms with Crippen LogP contribution in [0, 0.1) is 0 Å². The third-order valence-corrected chi connectivity index (χ3v) is 4.91. The molecule has 1 fully saturated rings. The Balaban J connectivity index is 1.51. The molecule has 6 heteroatoms. The van der Waals surface area contributed by atoms with E-state index < -0.39 is 6.10 Å². The van der Waals surface area contributed by atoms with Crippen molar-refractivity contribution in [3.05, 3.63) is 53.6 Å². The number of hydrogen-bond acceptors (Lipinski definition) is 4. The third-order valence-electron chi connectivity index (χ3n) is 4.60. The van der Waals surface area contributed by atoms with Gasteiger partial charge in [-0.2, -0.15) is 0 Å². The average molecular weight is 389 g/mol. The molecule has 2 aromatic rings. The molecule has 0 aliphatic carbocycles. The van der Waals surface area contributed by atoms with Gasteiger partial charge < -0.3 is 19.7 Å². The van der Waals surface area contributed by atoms with Gasteiger partial charge in [0.15, 0.2) is 6.10 Å². The van der Waals surface area contributed by atoms with Crippen molar-refractivity contribution < 1.29 is 14.3 Å². The van der Waals surface area contributed by atoms with Crippen molar-refractivity contribution in [2.75, 3.05) is 25.5 Å². The normalized spacial score (nSPS) is 16.6. The van der Waals surface area contributed by atoms with Crippen molar-refractivity contribution in [2.24, 2.45) is 0 Å². The van der Waals surface area contributed by atoms with Crippen LogP contribution >= 0.6 is 11.6 Å². The number of anilines is 1. The largest absolute Gasteiger partial charge is 0.490 e. The van der Waals surface area contributed by atoms with Gasteiger partial charge in [-0.05, 0) is 63.2 Å². The third kappa shape index (κ3) is 5.62. The summed E-state index contributed by atoms with van der Waals surface area (Å²) in [4.78, 5) is 14.7. The molecule has 0 radical (unpaired) electrons. The molecule has 3 rings (SSSR count). The maximum Gasteiger partial charge on any atom is 0.265 e. The van der Waals surface area contributed by atoms with Gasteiger partial charge >= 0.3 is 0 Å². The van der Waals surface area contributed by atoms with Gasteiger partial charge in [-0.3, -0.25) is 4.79 Å². The molecule has 5 nitrogen and oxygen atoms in total. The Morgan fingerprint density at radius 3 is 2.48 bits per heavy atom. The number of ether oxygens (including phenoxy) is 2. The molecule has 1 aliphatic heterocycles. The SMILES string of the molecule is CC(Oc1ccccc1Cl)C(=O)Nc1ccc(OC2CCN(C)CC2)cc1. The lowest BCUT2D eigenvalue weighted by atomic mass is 10.1. The fourth-order valence-corrected chi connectivity index (χ4v) is 3.12. The van der Waals surface area contributed by atoms with Crippen LogP contribution < -0.4 is 14.8 Å². The number of hydrogen-bond donors (Lipinski definition) is 1. The zero-order valence-electron chi connectivity index (χ0n) is 15.7. The maximum atomic E-state index is 12.3. The molecule has 1 N–H and O–H groups in total. The van der Waals surface area contributed by atoms with Gasteiger partial charge in [0.25, 0.3) is 5.91 Å². The smallest absolute Gasteiger partial charge is 0.265 e. The van der Waals surface area contributed by atoms with E-state index in [-0.39, 0.29) is 12.0 Å².